The summed E-state index contributed by atoms with van der Waals surface area (Å²) in [5.74, 6) is 0. The van der Waals surface area contributed by atoms with Gasteiger partial charge in [0.25, 0.3) is 0 Å². The summed E-state index contributed by atoms with van der Waals surface area (Å²) < 4.78 is 2.39. The van der Waals surface area contributed by atoms with Crippen molar-refractivity contribution >= 4 is 55.2 Å². The Bertz CT molecular complexity index is 3620. The molecular weight excluding hydrogens is 797 g/mol. The maximum Gasteiger partial charge on any atom is 0.0547 e. The lowest BCUT2D eigenvalue weighted by atomic mass is 9.95. The summed E-state index contributed by atoms with van der Waals surface area (Å²) in [4.78, 5) is 2.40. The van der Waals surface area contributed by atoms with Gasteiger partial charge in [-0.1, -0.05) is 188 Å². The zero-order chi connectivity index (χ0) is 43.8. The number of rotatable bonds is 9. The number of hydrogen-bond donors (Lipinski definition) is 0. The monoisotopic (exact) mass is 842 g/mol. The second-order valence-electron chi connectivity index (χ2n) is 17.2. The highest BCUT2D eigenvalue weighted by molar-refractivity contribution is 6.16. The molecule has 11 aromatic rings. The van der Waals surface area contributed by atoms with E-state index in [0.717, 1.165) is 41.2 Å². The summed E-state index contributed by atoms with van der Waals surface area (Å²) in [5, 5.41) is 5.05. The summed E-state index contributed by atoms with van der Waals surface area (Å²) >= 11 is 0. The molecule has 0 aliphatic heterocycles. The summed E-state index contributed by atoms with van der Waals surface area (Å²) in [6.07, 6.45) is 9.06. The summed E-state index contributed by atoms with van der Waals surface area (Å²) in [6, 6.07) is 86.4. The van der Waals surface area contributed by atoms with E-state index in [4.69, 9.17) is 0 Å². The van der Waals surface area contributed by atoms with Gasteiger partial charge in [-0.15, -0.1) is 0 Å². The number of anilines is 3. The van der Waals surface area contributed by atoms with Crippen molar-refractivity contribution in [3.63, 3.8) is 0 Å². The van der Waals surface area contributed by atoms with Gasteiger partial charge in [-0.3, -0.25) is 0 Å². The Morgan fingerprint density at radius 2 is 0.924 bits per heavy atom. The van der Waals surface area contributed by atoms with E-state index in [2.05, 4.69) is 264 Å². The van der Waals surface area contributed by atoms with Crippen LogP contribution < -0.4 is 4.90 Å². The van der Waals surface area contributed by atoms with Crippen LogP contribution in [-0.4, -0.2) is 4.57 Å². The average Bonchev–Trinajstić information content (AvgIpc) is 3.74. The number of fused-ring (bicyclic) bond motifs is 4. The molecule has 1 aliphatic carbocycles. The summed E-state index contributed by atoms with van der Waals surface area (Å²) in [6.45, 7) is 0. The van der Waals surface area contributed by atoms with E-state index in [9.17, 15) is 0 Å². The summed E-state index contributed by atoms with van der Waals surface area (Å²) in [5.41, 5.74) is 19.0. The van der Waals surface area contributed by atoms with E-state index >= 15 is 0 Å². The third-order valence-corrected chi connectivity index (χ3v) is 13.2. The van der Waals surface area contributed by atoms with Gasteiger partial charge in [0, 0.05) is 33.5 Å². The Balaban J connectivity index is 0.922. The van der Waals surface area contributed by atoms with Gasteiger partial charge in [0.2, 0.25) is 0 Å². The van der Waals surface area contributed by atoms with Crippen LogP contribution in [0.3, 0.4) is 0 Å². The Hall–Kier alpha value is -8.46. The Labute approximate surface area is 386 Å². The van der Waals surface area contributed by atoms with E-state index in [1.165, 1.54) is 82.7 Å². The molecule has 312 valence electrons. The fourth-order valence-electron chi connectivity index (χ4n) is 10.0. The minimum absolute atomic E-state index is 1.06. The van der Waals surface area contributed by atoms with Gasteiger partial charge in [-0.05, 0) is 146 Å². The lowest BCUT2D eigenvalue weighted by Crippen LogP contribution is -2.10. The van der Waals surface area contributed by atoms with Crippen molar-refractivity contribution in [3.8, 4) is 50.2 Å². The van der Waals surface area contributed by atoms with Gasteiger partial charge in [0.05, 0.1) is 11.0 Å². The quantitative estimate of drug-likeness (QED) is 0.141. The topological polar surface area (TPSA) is 8.17 Å². The van der Waals surface area contributed by atoms with Gasteiger partial charge in [0.15, 0.2) is 0 Å². The van der Waals surface area contributed by atoms with Gasteiger partial charge < -0.3 is 9.47 Å². The molecule has 0 fully saturated rings. The van der Waals surface area contributed by atoms with Crippen LogP contribution in [0.1, 0.15) is 18.4 Å². The molecular formula is C64H46N2. The SMILES string of the molecule is C1=CC(c2cccc(N(c3ccc(-c4ccc(-c5cccc6ccccc56)cc4)cc3)c3cccc(-c4cccc(-c5cccc6c5c5ccccc5n6-c5ccccc5)c4)c3)c2)=CCC1. The lowest BCUT2D eigenvalue weighted by Gasteiger charge is -2.27. The van der Waals surface area contributed by atoms with E-state index in [-0.39, 0.29) is 0 Å². The minimum Gasteiger partial charge on any atom is -0.310 e. The van der Waals surface area contributed by atoms with Crippen LogP contribution in [0, 0.1) is 0 Å². The predicted molar refractivity (Wildman–Crippen MR) is 281 cm³/mol. The molecule has 66 heavy (non-hydrogen) atoms. The first kappa shape index (κ1) is 39.2. The molecule has 0 N–H and O–H groups in total. The molecule has 0 amide bonds. The average molecular weight is 843 g/mol. The van der Waals surface area contributed by atoms with Crippen molar-refractivity contribution in [1.82, 2.24) is 4.57 Å². The highest BCUT2D eigenvalue weighted by Crippen LogP contribution is 2.42. The molecule has 0 unspecified atom stereocenters. The third-order valence-electron chi connectivity index (χ3n) is 13.2. The number of nitrogens with zero attached hydrogens (tertiary/aromatic N) is 2. The highest BCUT2D eigenvalue weighted by Gasteiger charge is 2.18. The Kier molecular flexibility index (Phi) is 10.0. The first-order valence-electron chi connectivity index (χ1n) is 23.0. The van der Waals surface area contributed by atoms with Crippen molar-refractivity contribution in [1.29, 1.82) is 0 Å². The second kappa shape index (κ2) is 16.9. The number of aromatic nitrogens is 1. The predicted octanol–water partition coefficient (Wildman–Crippen LogP) is 17.8. The zero-order valence-corrected chi connectivity index (χ0v) is 36.6. The van der Waals surface area contributed by atoms with Crippen LogP contribution in [-0.2, 0) is 0 Å². The van der Waals surface area contributed by atoms with E-state index in [0.29, 0.717) is 0 Å². The van der Waals surface area contributed by atoms with Crippen LogP contribution in [0.2, 0.25) is 0 Å². The van der Waals surface area contributed by atoms with E-state index < -0.39 is 0 Å². The maximum atomic E-state index is 2.40. The third kappa shape index (κ3) is 7.19. The zero-order valence-electron chi connectivity index (χ0n) is 36.6. The second-order valence-corrected chi connectivity index (χ2v) is 17.2. The Morgan fingerprint density at radius 3 is 1.71 bits per heavy atom. The standard InChI is InChI=1S/C64H46N2/c1-3-16-45(17-4-1)51-21-12-26-56(43-51)65(55-40-38-47(39-41-55)46-34-36-49(37-35-46)59-30-14-19-48-18-7-8-28-58(48)59)57-27-13-22-52(44-57)50-20-11-23-53(42-50)60-31-15-33-63-64(60)61-29-9-10-32-62(61)66(63)54-24-5-2-6-25-54/h2-3,5-44H,1,4H2. The van der Waals surface area contributed by atoms with Gasteiger partial charge in [0.1, 0.15) is 0 Å². The molecule has 10 aromatic carbocycles. The smallest absolute Gasteiger partial charge is 0.0547 e. The van der Waals surface area contributed by atoms with Crippen molar-refractivity contribution in [2.24, 2.45) is 0 Å². The molecule has 0 radical (unpaired) electrons. The van der Waals surface area contributed by atoms with Crippen LogP contribution >= 0.6 is 0 Å². The van der Waals surface area contributed by atoms with Crippen molar-refractivity contribution < 1.29 is 0 Å². The molecule has 0 saturated heterocycles. The molecule has 0 bridgehead atoms. The molecule has 1 aliphatic rings. The van der Waals surface area contributed by atoms with Crippen LogP contribution in [0.15, 0.2) is 255 Å². The first-order chi connectivity index (χ1) is 32.7. The van der Waals surface area contributed by atoms with Crippen molar-refractivity contribution in [2.45, 2.75) is 12.8 Å². The highest BCUT2D eigenvalue weighted by atomic mass is 15.1. The van der Waals surface area contributed by atoms with Crippen LogP contribution in [0.25, 0.3) is 88.3 Å². The number of para-hydroxylation sites is 2. The van der Waals surface area contributed by atoms with Gasteiger partial charge in [-0.25, -0.2) is 0 Å². The Morgan fingerprint density at radius 1 is 0.348 bits per heavy atom. The number of hydrogen-bond acceptors (Lipinski definition) is 1. The van der Waals surface area contributed by atoms with Gasteiger partial charge in [-0.2, -0.15) is 0 Å². The molecule has 2 heteroatoms. The molecule has 12 rings (SSSR count). The largest absolute Gasteiger partial charge is 0.310 e. The molecule has 0 spiro atoms. The fraction of sp³-hybridized carbons (Fsp3) is 0.0312. The normalized spacial score (nSPS) is 12.5. The molecule has 2 nitrogen and oxygen atoms in total. The maximum absolute atomic E-state index is 2.40. The van der Waals surface area contributed by atoms with Gasteiger partial charge >= 0.3 is 0 Å². The first-order valence-corrected chi connectivity index (χ1v) is 23.0. The van der Waals surface area contributed by atoms with E-state index in [1.807, 2.05) is 0 Å². The molecule has 1 aromatic heterocycles. The molecule has 1 heterocycles. The number of benzene rings is 10. The van der Waals surface area contributed by atoms with Crippen molar-refractivity contribution in [3.05, 3.63) is 260 Å². The lowest BCUT2D eigenvalue weighted by molar-refractivity contribution is 1.04. The molecule has 0 atom stereocenters. The fourth-order valence-corrected chi connectivity index (χ4v) is 10.0. The minimum atomic E-state index is 1.06. The molecule has 0 saturated carbocycles. The number of allylic oxidation sites excluding steroid dienone is 4. The van der Waals surface area contributed by atoms with Crippen molar-refractivity contribution in [2.75, 3.05) is 4.90 Å². The van der Waals surface area contributed by atoms with Crippen LogP contribution in [0.5, 0.6) is 0 Å². The van der Waals surface area contributed by atoms with Crippen LogP contribution in [0.4, 0.5) is 17.1 Å². The summed E-state index contributed by atoms with van der Waals surface area (Å²) in [7, 11) is 0. The van der Waals surface area contributed by atoms with E-state index in [1.54, 1.807) is 0 Å².